The normalized spacial score (nSPS) is 9.89. The lowest BCUT2D eigenvalue weighted by molar-refractivity contribution is 0.109. The number of rotatable bonds is 4. The van der Waals surface area contributed by atoms with E-state index in [0.717, 1.165) is 0 Å². The molecule has 0 atom stereocenters. The van der Waals surface area contributed by atoms with Gasteiger partial charge >= 0.3 is 0 Å². The molecular formula is C14H11BrO3. The zero-order valence-corrected chi connectivity index (χ0v) is 11.3. The molecule has 0 aliphatic heterocycles. The molecular weight excluding hydrogens is 296 g/mol. The fraction of sp³-hybridized carbons (Fsp3) is 0.0714. The fourth-order valence-electron chi connectivity index (χ4n) is 1.51. The topological polar surface area (TPSA) is 35.5 Å². The Balaban J connectivity index is 2.31. The molecule has 2 aromatic carbocycles. The van der Waals surface area contributed by atoms with Crippen molar-refractivity contribution in [3.63, 3.8) is 0 Å². The number of para-hydroxylation sites is 1. The van der Waals surface area contributed by atoms with Gasteiger partial charge in [0.15, 0.2) is 0 Å². The minimum absolute atomic E-state index is 0.207. The summed E-state index contributed by atoms with van der Waals surface area (Å²) in [4.78, 5) is 11.4. The highest BCUT2D eigenvalue weighted by Gasteiger charge is 2.09. The molecule has 92 valence electrons. The molecule has 0 unspecified atom stereocenters. The van der Waals surface area contributed by atoms with E-state index >= 15 is 0 Å². The molecule has 2 aromatic rings. The van der Waals surface area contributed by atoms with Crippen LogP contribution in [0.1, 0.15) is 10.4 Å². The maximum Gasteiger partial charge on any atom is 0.231 e. The highest BCUT2D eigenvalue weighted by Crippen LogP contribution is 2.28. The quantitative estimate of drug-likeness (QED) is 0.800. The molecule has 0 saturated heterocycles. The number of hydrogen-bond acceptors (Lipinski definition) is 3. The lowest BCUT2D eigenvalue weighted by Crippen LogP contribution is -1.94. The van der Waals surface area contributed by atoms with E-state index < -0.39 is 0 Å². The van der Waals surface area contributed by atoms with Crippen molar-refractivity contribution in [2.24, 2.45) is 0 Å². The van der Waals surface area contributed by atoms with Crippen LogP contribution in [0.4, 0.5) is 0 Å². The number of hydrogen-bond donors (Lipinski definition) is 0. The van der Waals surface area contributed by atoms with Crippen LogP contribution in [0.3, 0.4) is 0 Å². The zero-order valence-electron chi connectivity index (χ0n) is 9.72. The first kappa shape index (κ1) is 12.6. The van der Waals surface area contributed by atoms with Crippen molar-refractivity contribution in [2.45, 2.75) is 0 Å². The Morgan fingerprint density at radius 1 is 1.06 bits per heavy atom. The Bertz CT molecular complexity index is 566. The van der Waals surface area contributed by atoms with Crippen LogP contribution in [-0.2, 0) is 0 Å². The van der Waals surface area contributed by atoms with E-state index in [2.05, 4.69) is 15.9 Å². The van der Waals surface area contributed by atoms with Crippen LogP contribution < -0.4 is 9.47 Å². The monoisotopic (exact) mass is 306 g/mol. The molecule has 4 heteroatoms. The maximum atomic E-state index is 11.4. The highest BCUT2D eigenvalue weighted by atomic mass is 79.9. The summed E-state index contributed by atoms with van der Waals surface area (Å²) >= 11 is 2.93. The molecule has 0 bridgehead atoms. The third-order valence-corrected chi connectivity index (χ3v) is 2.79. The lowest BCUT2D eigenvalue weighted by Gasteiger charge is -2.09. The molecule has 0 radical (unpaired) electrons. The number of ether oxygens (including phenoxy) is 2. The second-order valence-electron chi connectivity index (χ2n) is 3.55. The van der Waals surface area contributed by atoms with Crippen molar-refractivity contribution in [1.82, 2.24) is 0 Å². The lowest BCUT2D eigenvalue weighted by atomic mass is 10.2. The third kappa shape index (κ3) is 2.90. The number of carbonyl (C=O) groups excluding carboxylic acids is 1. The second kappa shape index (κ2) is 5.69. The largest absolute Gasteiger partial charge is 0.497 e. The van der Waals surface area contributed by atoms with Gasteiger partial charge in [0.05, 0.1) is 12.7 Å². The smallest absolute Gasteiger partial charge is 0.231 e. The summed E-state index contributed by atoms with van der Waals surface area (Å²) in [6, 6.07) is 14.3. The van der Waals surface area contributed by atoms with Gasteiger partial charge in [-0.15, -0.1) is 0 Å². The predicted molar refractivity (Wildman–Crippen MR) is 72.8 cm³/mol. The van der Waals surface area contributed by atoms with Gasteiger partial charge in [0, 0.05) is 6.07 Å². The van der Waals surface area contributed by atoms with Crippen LogP contribution in [0.2, 0.25) is 0 Å². The standard InChI is InChI=1S/C14H11BrO3/c1-17-10-5-4-6-11(9-10)18-13-8-3-2-7-12(13)14(15)16/h2-9H,1H3. The molecule has 0 heterocycles. The van der Waals surface area contributed by atoms with Crippen molar-refractivity contribution in [3.05, 3.63) is 54.1 Å². The third-order valence-electron chi connectivity index (χ3n) is 2.37. The zero-order chi connectivity index (χ0) is 13.0. The van der Waals surface area contributed by atoms with Crippen molar-refractivity contribution in [1.29, 1.82) is 0 Å². The van der Waals surface area contributed by atoms with Crippen molar-refractivity contribution in [3.8, 4) is 17.2 Å². The van der Waals surface area contributed by atoms with E-state index in [1.807, 2.05) is 18.2 Å². The minimum atomic E-state index is -0.207. The van der Waals surface area contributed by atoms with Crippen molar-refractivity contribution < 1.29 is 14.3 Å². The van der Waals surface area contributed by atoms with E-state index in [4.69, 9.17) is 9.47 Å². The average molecular weight is 307 g/mol. The first-order valence-electron chi connectivity index (χ1n) is 5.31. The van der Waals surface area contributed by atoms with Crippen LogP contribution >= 0.6 is 15.9 Å². The van der Waals surface area contributed by atoms with Crippen LogP contribution in [0.25, 0.3) is 0 Å². The number of halogens is 1. The minimum Gasteiger partial charge on any atom is -0.497 e. The Hall–Kier alpha value is -1.81. The molecule has 2 rings (SSSR count). The summed E-state index contributed by atoms with van der Waals surface area (Å²) in [6.45, 7) is 0. The summed E-state index contributed by atoms with van der Waals surface area (Å²) in [5, 5.41) is 0. The van der Waals surface area contributed by atoms with Gasteiger partial charge in [0.2, 0.25) is 4.69 Å². The summed E-state index contributed by atoms with van der Waals surface area (Å²) in [5.74, 6) is 1.83. The molecule has 0 aromatic heterocycles. The fourth-order valence-corrected chi connectivity index (χ4v) is 1.84. The van der Waals surface area contributed by atoms with E-state index in [1.165, 1.54) is 0 Å². The highest BCUT2D eigenvalue weighted by molar-refractivity contribution is 9.18. The summed E-state index contributed by atoms with van der Waals surface area (Å²) in [6.07, 6.45) is 0. The van der Waals surface area contributed by atoms with Gasteiger partial charge in [-0.3, -0.25) is 4.79 Å². The first-order valence-corrected chi connectivity index (χ1v) is 6.11. The Kier molecular flexibility index (Phi) is 3.99. The SMILES string of the molecule is COc1cccc(Oc2ccccc2C(=O)Br)c1. The van der Waals surface area contributed by atoms with Gasteiger partial charge in [-0.1, -0.05) is 18.2 Å². The molecule has 0 aliphatic carbocycles. The summed E-state index contributed by atoms with van der Waals surface area (Å²) in [5.41, 5.74) is 0.486. The van der Waals surface area contributed by atoms with E-state index in [9.17, 15) is 4.79 Å². The van der Waals surface area contributed by atoms with E-state index in [-0.39, 0.29) is 4.69 Å². The summed E-state index contributed by atoms with van der Waals surface area (Å²) < 4.78 is 10.6. The van der Waals surface area contributed by atoms with E-state index in [1.54, 1.807) is 37.4 Å². The summed E-state index contributed by atoms with van der Waals surface area (Å²) in [7, 11) is 1.59. The van der Waals surface area contributed by atoms with Gasteiger partial charge in [-0.05, 0) is 40.2 Å². The van der Waals surface area contributed by atoms with Crippen LogP contribution in [0.5, 0.6) is 17.2 Å². The first-order chi connectivity index (χ1) is 8.70. The van der Waals surface area contributed by atoms with Gasteiger partial charge in [0.1, 0.15) is 17.2 Å². The molecule has 0 fully saturated rings. The van der Waals surface area contributed by atoms with Gasteiger partial charge in [-0.2, -0.15) is 0 Å². The molecule has 0 N–H and O–H groups in total. The van der Waals surface area contributed by atoms with Crippen molar-refractivity contribution in [2.75, 3.05) is 7.11 Å². The van der Waals surface area contributed by atoms with Crippen LogP contribution in [0.15, 0.2) is 48.5 Å². The molecule has 0 saturated carbocycles. The number of carbonyl (C=O) groups is 1. The molecule has 0 amide bonds. The average Bonchev–Trinajstić information content (AvgIpc) is 2.39. The molecule has 3 nitrogen and oxygen atoms in total. The Labute approximate surface area is 113 Å². The van der Waals surface area contributed by atoms with E-state index in [0.29, 0.717) is 22.8 Å². The van der Waals surface area contributed by atoms with Crippen LogP contribution in [-0.4, -0.2) is 11.8 Å². The number of methoxy groups -OCH3 is 1. The Morgan fingerprint density at radius 2 is 1.78 bits per heavy atom. The number of benzene rings is 2. The van der Waals surface area contributed by atoms with Crippen LogP contribution in [0, 0.1) is 0 Å². The molecule has 0 aliphatic rings. The van der Waals surface area contributed by atoms with Gasteiger partial charge in [0.25, 0.3) is 0 Å². The molecule has 0 spiro atoms. The maximum absolute atomic E-state index is 11.4. The predicted octanol–water partition coefficient (Wildman–Crippen LogP) is 4.02. The second-order valence-corrected chi connectivity index (χ2v) is 4.27. The van der Waals surface area contributed by atoms with Crippen molar-refractivity contribution >= 4 is 20.6 Å². The van der Waals surface area contributed by atoms with Gasteiger partial charge < -0.3 is 9.47 Å². The molecule has 18 heavy (non-hydrogen) atoms. The Morgan fingerprint density at radius 3 is 2.50 bits per heavy atom. The van der Waals surface area contributed by atoms with Gasteiger partial charge in [-0.25, -0.2) is 0 Å².